The largest absolute Gasteiger partial charge is 0.349 e. The van der Waals surface area contributed by atoms with Gasteiger partial charge in [0, 0.05) is 32.1 Å². The van der Waals surface area contributed by atoms with Crippen LogP contribution in [0, 0.1) is 17.1 Å². The first-order chi connectivity index (χ1) is 11.6. The minimum absolute atomic E-state index is 0.314. The molecule has 0 amide bonds. The molecule has 0 saturated carbocycles. The number of allylic oxidation sites excluding steroid dienone is 1. The third kappa shape index (κ3) is 4.18. The summed E-state index contributed by atoms with van der Waals surface area (Å²) in [5.74, 6) is -0.314. The maximum Gasteiger partial charge on any atom is 0.186 e. The maximum atomic E-state index is 13.1. The van der Waals surface area contributed by atoms with Crippen LogP contribution in [0.5, 0.6) is 0 Å². The van der Waals surface area contributed by atoms with Gasteiger partial charge in [0.2, 0.25) is 0 Å². The summed E-state index contributed by atoms with van der Waals surface area (Å²) in [5.41, 5.74) is 1.31. The highest BCUT2D eigenvalue weighted by atomic mass is 32.1. The highest BCUT2D eigenvalue weighted by Gasteiger charge is 2.16. The monoisotopic (exact) mass is 343 g/mol. The van der Waals surface area contributed by atoms with Crippen LogP contribution in [-0.2, 0) is 0 Å². The second-order valence-corrected chi connectivity index (χ2v) is 5.98. The number of rotatable bonds is 7. The number of hydrogen-bond donors (Lipinski definition) is 0. The summed E-state index contributed by atoms with van der Waals surface area (Å²) in [4.78, 5) is 7.02. The summed E-state index contributed by atoms with van der Waals surface area (Å²) in [5, 5.41) is 15.7. The fourth-order valence-corrected chi connectivity index (χ4v) is 2.94. The topological polar surface area (TPSA) is 55.5 Å². The van der Waals surface area contributed by atoms with Crippen LogP contribution >= 0.6 is 11.3 Å². The number of anilines is 1. The van der Waals surface area contributed by atoms with Gasteiger partial charge in [0.05, 0.1) is 6.54 Å². The zero-order chi connectivity index (χ0) is 17.5. The Morgan fingerprint density at radius 2 is 2.08 bits per heavy atom. The molecule has 24 heavy (non-hydrogen) atoms. The molecule has 0 spiro atoms. The smallest absolute Gasteiger partial charge is 0.186 e. The maximum absolute atomic E-state index is 13.1. The van der Waals surface area contributed by atoms with Crippen molar-refractivity contribution >= 4 is 23.2 Å². The molecule has 0 unspecified atom stereocenters. The summed E-state index contributed by atoms with van der Waals surface area (Å²) in [6, 6.07) is 8.15. The Labute approximate surface area is 145 Å². The van der Waals surface area contributed by atoms with Crippen LogP contribution in [0.25, 0.3) is 11.3 Å². The summed E-state index contributed by atoms with van der Waals surface area (Å²) in [6.07, 6.45) is 3.73. The van der Waals surface area contributed by atoms with Gasteiger partial charge in [-0.25, -0.2) is 9.37 Å². The van der Waals surface area contributed by atoms with Crippen LogP contribution in [-0.4, -0.2) is 36.8 Å². The van der Waals surface area contributed by atoms with Crippen LogP contribution in [0.1, 0.15) is 11.8 Å². The Kier molecular flexibility index (Phi) is 6.04. The van der Waals surface area contributed by atoms with E-state index in [2.05, 4.69) is 22.9 Å². The van der Waals surface area contributed by atoms with Crippen molar-refractivity contribution in [3.63, 3.8) is 0 Å². The molecule has 2 rings (SSSR count). The molecule has 2 aromatic rings. The van der Waals surface area contributed by atoms with Crippen molar-refractivity contribution in [2.45, 2.75) is 6.92 Å². The van der Waals surface area contributed by atoms with Gasteiger partial charge in [0.15, 0.2) is 5.13 Å². The lowest BCUT2D eigenvalue weighted by molar-refractivity contribution is 0.409. The first kappa shape index (κ1) is 17.6. The predicted octanol–water partition coefficient (Wildman–Crippen LogP) is 3.71. The van der Waals surface area contributed by atoms with E-state index in [1.807, 2.05) is 31.1 Å². The molecule has 1 aromatic carbocycles. The van der Waals surface area contributed by atoms with Gasteiger partial charge in [-0.3, -0.25) is 5.01 Å². The molecule has 0 atom stereocenters. The van der Waals surface area contributed by atoms with Crippen LogP contribution in [0.4, 0.5) is 9.52 Å². The van der Waals surface area contributed by atoms with E-state index in [-0.39, 0.29) is 5.82 Å². The third-order valence-corrected chi connectivity index (χ3v) is 4.40. The zero-order valence-corrected chi connectivity index (χ0v) is 14.4. The van der Waals surface area contributed by atoms with Gasteiger partial charge < -0.3 is 4.90 Å². The minimum atomic E-state index is -0.314. The summed E-state index contributed by atoms with van der Waals surface area (Å²) in [6.45, 7) is 6.76. The van der Waals surface area contributed by atoms with Gasteiger partial charge in [-0.2, -0.15) is 10.4 Å². The second kappa shape index (κ2) is 8.22. The van der Waals surface area contributed by atoms with Crippen LogP contribution in [0.15, 0.2) is 41.6 Å². The van der Waals surface area contributed by atoms with Gasteiger partial charge in [0.25, 0.3) is 0 Å². The molecule has 1 heterocycles. The molecule has 0 fully saturated rings. The van der Waals surface area contributed by atoms with E-state index < -0.39 is 0 Å². The number of nitrogens with zero attached hydrogens (tertiary/aromatic N) is 5. The average Bonchev–Trinajstić information content (AvgIpc) is 3.03. The molecule has 0 aliphatic carbocycles. The number of aromatic nitrogens is 1. The number of halogens is 1. The van der Waals surface area contributed by atoms with E-state index in [1.165, 1.54) is 23.5 Å². The minimum Gasteiger partial charge on any atom is -0.349 e. The van der Waals surface area contributed by atoms with Gasteiger partial charge in [0.1, 0.15) is 22.5 Å². The predicted molar refractivity (Wildman–Crippen MR) is 96.6 cm³/mol. The molecule has 5 nitrogen and oxygen atoms in total. The molecule has 7 heteroatoms. The van der Waals surface area contributed by atoms with E-state index in [0.29, 0.717) is 23.7 Å². The molecular formula is C17H18FN5S. The third-order valence-electron chi connectivity index (χ3n) is 3.33. The van der Waals surface area contributed by atoms with Crippen LogP contribution in [0.3, 0.4) is 0 Å². The first-order valence-electron chi connectivity index (χ1n) is 7.33. The van der Waals surface area contributed by atoms with E-state index in [9.17, 15) is 9.65 Å². The molecule has 0 N–H and O–H groups in total. The molecule has 0 aliphatic rings. The van der Waals surface area contributed by atoms with Crippen molar-refractivity contribution in [3.05, 3.63) is 47.2 Å². The molecule has 0 saturated heterocycles. The van der Waals surface area contributed by atoms with E-state index in [1.54, 1.807) is 17.1 Å². The van der Waals surface area contributed by atoms with Gasteiger partial charge in [-0.1, -0.05) is 17.4 Å². The Morgan fingerprint density at radius 3 is 2.67 bits per heavy atom. The fourth-order valence-electron chi connectivity index (χ4n) is 2.06. The van der Waals surface area contributed by atoms with Crippen molar-refractivity contribution in [1.82, 2.24) is 9.99 Å². The Bertz CT molecular complexity index is 760. The molecular weight excluding hydrogens is 325 g/mol. The summed E-state index contributed by atoms with van der Waals surface area (Å²) >= 11 is 1.32. The number of hydrazone groups is 1. The Morgan fingerprint density at radius 1 is 1.38 bits per heavy atom. The number of likely N-dealkylation sites (N-methyl/N-ethyl adjacent to an activating group) is 1. The second-order valence-electron chi connectivity index (χ2n) is 5.00. The molecule has 0 aliphatic heterocycles. The van der Waals surface area contributed by atoms with Crippen molar-refractivity contribution in [2.75, 3.05) is 25.0 Å². The summed E-state index contributed by atoms with van der Waals surface area (Å²) < 4.78 is 13.1. The quantitative estimate of drug-likeness (QED) is 0.568. The van der Waals surface area contributed by atoms with E-state index in [4.69, 9.17) is 0 Å². The van der Waals surface area contributed by atoms with Crippen molar-refractivity contribution in [3.8, 4) is 17.3 Å². The number of benzene rings is 1. The average molecular weight is 343 g/mol. The molecule has 0 radical (unpaired) electrons. The van der Waals surface area contributed by atoms with Crippen molar-refractivity contribution in [1.29, 1.82) is 5.26 Å². The highest BCUT2D eigenvalue weighted by molar-refractivity contribution is 7.16. The zero-order valence-electron chi connectivity index (χ0n) is 13.6. The van der Waals surface area contributed by atoms with Crippen molar-refractivity contribution < 1.29 is 4.39 Å². The summed E-state index contributed by atoms with van der Waals surface area (Å²) in [7, 11) is 1.91. The molecule has 124 valence electrons. The number of thiazole rings is 1. The Balaban J connectivity index is 2.18. The van der Waals surface area contributed by atoms with Gasteiger partial charge in [-0.15, -0.1) is 0 Å². The van der Waals surface area contributed by atoms with Crippen LogP contribution in [0.2, 0.25) is 0 Å². The lowest BCUT2D eigenvalue weighted by Gasteiger charge is -2.19. The molecule has 1 aromatic heterocycles. The fraction of sp³-hybridized carbons (Fsp3) is 0.235. The number of nitriles is 1. The lowest BCUT2D eigenvalue weighted by atomic mass is 10.1. The van der Waals surface area contributed by atoms with E-state index in [0.717, 1.165) is 10.7 Å². The van der Waals surface area contributed by atoms with Gasteiger partial charge in [-0.05, 0) is 31.2 Å². The standard InChI is InChI=1S/C17H18FN5S/c1-4-9-23(20-2)11-10-22(3)17-21-16(15(12-19)24-17)13-5-7-14(18)8-6-13/h4-9H,2,10-11H2,1,3H3/b9-4+. The highest BCUT2D eigenvalue weighted by Crippen LogP contribution is 2.32. The SMILES string of the molecule is C=NN(/C=C/C)CCN(C)c1nc(-c2ccc(F)cc2)c(C#N)s1. The van der Waals surface area contributed by atoms with Gasteiger partial charge >= 0.3 is 0 Å². The normalized spacial score (nSPS) is 10.6. The van der Waals surface area contributed by atoms with Crippen LogP contribution < -0.4 is 4.90 Å². The van der Waals surface area contributed by atoms with Crippen molar-refractivity contribution in [2.24, 2.45) is 5.10 Å². The molecule has 0 bridgehead atoms. The van der Waals surface area contributed by atoms with E-state index >= 15 is 0 Å². The first-order valence-corrected chi connectivity index (χ1v) is 8.14. The number of hydrogen-bond acceptors (Lipinski definition) is 6. The lowest BCUT2D eigenvalue weighted by Crippen LogP contribution is -2.27. The Hall–Kier alpha value is -2.72.